The second-order valence-corrected chi connectivity index (χ2v) is 6.01. The Morgan fingerprint density at radius 1 is 1.50 bits per heavy atom. The smallest absolute Gasteiger partial charge is 0.211 e. The molecule has 0 saturated carbocycles. The van der Waals surface area contributed by atoms with E-state index >= 15 is 0 Å². The Balaban J connectivity index is 3.75. The van der Waals surface area contributed by atoms with Crippen molar-refractivity contribution >= 4 is 16.0 Å². The molecule has 0 rings (SSSR count). The average Bonchev–Trinajstić information content (AvgIpc) is 2.28. The summed E-state index contributed by atoms with van der Waals surface area (Å²) < 4.78 is 29.6. The van der Waals surface area contributed by atoms with Gasteiger partial charge in [0, 0.05) is 26.2 Å². The van der Waals surface area contributed by atoms with Crippen molar-refractivity contribution < 1.29 is 13.2 Å². The van der Waals surface area contributed by atoms with Gasteiger partial charge in [0.05, 0.1) is 12.4 Å². The maximum Gasteiger partial charge on any atom is 0.211 e. The summed E-state index contributed by atoms with van der Waals surface area (Å²) in [6.45, 7) is 4.93. The minimum absolute atomic E-state index is 0.0918. The number of aliphatic imine (C=N–C) groups is 1. The molecule has 0 radical (unpaired) electrons. The highest BCUT2D eigenvalue weighted by Gasteiger charge is 2.04. The van der Waals surface area contributed by atoms with Crippen LogP contribution in [0.4, 0.5) is 0 Å². The van der Waals surface area contributed by atoms with Gasteiger partial charge in [-0.05, 0) is 20.3 Å². The zero-order valence-electron chi connectivity index (χ0n) is 11.3. The molecule has 4 N–H and O–H groups in total. The number of nitrogens with zero attached hydrogens (tertiary/aromatic N) is 1. The number of nitrogens with one attached hydrogen (secondary N) is 2. The first-order valence-corrected chi connectivity index (χ1v) is 7.59. The molecule has 0 aliphatic heterocycles. The van der Waals surface area contributed by atoms with E-state index in [1.165, 1.54) is 0 Å². The van der Waals surface area contributed by atoms with E-state index in [0.717, 1.165) is 0 Å². The highest BCUT2D eigenvalue weighted by molar-refractivity contribution is 7.89. The Morgan fingerprint density at radius 3 is 2.72 bits per heavy atom. The van der Waals surface area contributed by atoms with E-state index in [2.05, 4.69) is 15.0 Å². The molecule has 0 aliphatic rings. The van der Waals surface area contributed by atoms with Crippen LogP contribution < -0.4 is 15.8 Å². The lowest BCUT2D eigenvalue weighted by atomic mass is 10.4. The van der Waals surface area contributed by atoms with Crippen molar-refractivity contribution in [2.75, 3.05) is 32.6 Å². The van der Waals surface area contributed by atoms with E-state index in [9.17, 15) is 8.42 Å². The first-order valence-electron chi connectivity index (χ1n) is 5.94. The summed E-state index contributed by atoms with van der Waals surface area (Å²) in [4.78, 5) is 4.08. The van der Waals surface area contributed by atoms with Gasteiger partial charge in [-0.1, -0.05) is 0 Å². The Kier molecular flexibility index (Phi) is 8.69. The van der Waals surface area contributed by atoms with Crippen LogP contribution in [-0.4, -0.2) is 53.0 Å². The van der Waals surface area contributed by atoms with E-state index in [1.807, 2.05) is 6.92 Å². The summed E-state index contributed by atoms with van der Waals surface area (Å²) in [5.41, 5.74) is 5.64. The molecule has 0 heterocycles. The quantitative estimate of drug-likeness (QED) is 0.293. The van der Waals surface area contributed by atoms with Crippen LogP contribution in [-0.2, 0) is 14.8 Å². The largest absolute Gasteiger partial charge is 0.383 e. The van der Waals surface area contributed by atoms with Crippen LogP contribution in [0.2, 0.25) is 0 Å². The van der Waals surface area contributed by atoms with Crippen LogP contribution in [0.15, 0.2) is 4.99 Å². The molecule has 1 unspecified atom stereocenters. The van der Waals surface area contributed by atoms with Crippen molar-refractivity contribution in [1.82, 2.24) is 10.0 Å². The van der Waals surface area contributed by atoms with Crippen LogP contribution >= 0.6 is 0 Å². The second-order valence-electron chi connectivity index (χ2n) is 3.92. The van der Waals surface area contributed by atoms with Gasteiger partial charge in [0.1, 0.15) is 0 Å². The first-order chi connectivity index (χ1) is 8.41. The molecule has 0 aromatic carbocycles. The molecular weight excluding hydrogens is 256 g/mol. The Bertz CT molecular complexity index is 343. The van der Waals surface area contributed by atoms with E-state index < -0.39 is 10.0 Å². The molecule has 1 atom stereocenters. The lowest BCUT2D eigenvalue weighted by Crippen LogP contribution is -2.40. The molecule has 0 bridgehead atoms. The maximum absolute atomic E-state index is 11.1. The molecule has 0 aromatic heterocycles. The van der Waals surface area contributed by atoms with Crippen LogP contribution in [0.25, 0.3) is 0 Å². The Morgan fingerprint density at radius 2 is 2.17 bits per heavy atom. The number of guanidine groups is 1. The fourth-order valence-corrected chi connectivity index (χ4v) is 1.86. The zero-order chi connectivity index (χ0) is 14.0. The second kappa shape index (κ2) is 9.12. The van der Waals surface area contributed by atoms with Crippen LogP contribution in [0.1, 0.15) is 20.3 Å². The van der Waals surface area contributed by atoms with E-state index in [-0.39, 0.29) is 11.8 Å². The number of ether oxygens (including phenoxy) is 1. The van der Waals surface area contributed by atoms with E-state index in [0.29, 0.717) is 32.1 Å². The highest BCUT2D eigenvalue weighted by Crippen LogP contribution is 1.86. The van der Waals surface area contributed by atoms with Crippen LogP contribution in [0.3, 0.4) is 0 Å². The molecule has 8 heteroatoms. The van der Waals surface area contributed by atoms with E-state index in [4.69, 9.17) is 10.5 Å². The number of methoxy groups -OCH3 is 1. The van der Waals surface area contributed by atoms with Gasteiger partial charge >= 0.3 is 0 Å². The summed E-state index contributed by atoms with van der Waals surface area (Å²) in [6.07, 6.45) is 0.611. The molecule has 0 aliphatic carbocycles. The monoisotopic (exact) mass is 280 g/mol. The molecule has 108 valence electrons. The summed E-state index contributed by atoms with van der Waals surface area (Å²) in [5, 5.41) is 2.96. The van der Waals surface area contributed by atoms with Crippen molar-refractivity contribution in [2.45, 2.75) is 26.3 Å². The van der Waals surface area contributed by atoms with Gasteiger partial charge in [-0.15, -0.1) is 0 Å². The molecule has 0 saturated heterocycles. The van der Waals surface area contributed by atoms with Crippen molar-refractivity contribution in [1.29, 1.82) is 0 Å². The number of sulfonamides is 1. The van der Waals surface area contributed by atoms with Gasteiger partial charge in [-0.2, -0.15) is 0 Å². The summed E-state index contributed by atoms with van der Waals surface area (Å²) in [5.74, 6) is 0.437. The van der Waals surface area contributed by atoms with Crippen molar-refractivity contribution in [3.63, 3.8) is 0 Å². The van der Waals surface area contributed by atoms with Crippen molar-refractivity contribution in [3.05, 3.63) is 0 Å². The van der Waals surface area contributed by atoms with Crippen LogP contribution in [0.5, 0.6) is 0 Å². The van der Waals surface area contributed by atoms with Crippen LogP contribution in [0, 0.1) is 0 Å². The predicted molar refractivity (Wildman–Crippen MR) is 73.0 cm³/mol. The fraction of sp³-hybridized carbons (Fsp3) is 0.900. The number of hydrogen-bond donors (Lipinski definition) is 3. The number of hydrogen-bond acceptors (Lipinski definition) is 4. The summed E-state index contributed by atoms with van der Waals surface area (Å²) >= 11 is 0. The minimum atomic E-state index is -3.11. The van der Waals surface area contributed by atoms with Gasteiger partial charge in [0.15, 0.2) is 5.96 Å². The molecule has 18 heavy (non-hydrogen) atoms. The highest BCUT2D eigenvalue weighted by atomic mass is 32.2. The number of rotatable bonds is 9. The normalized spacial score (nSPS) is 14.5. The maximum atomic E-state index is 11.1. The van der Waals surface area contributed by atoms with Gasteiger partial charge in [-0.3, -0.25) is 4.99 Å². The third kappa shape index (κ3) is 9.20. The van der Waals surface area contributed by atoms with Gasteiger partial charge in [0.25, 0.3) is 0 Å². The Hall–Kier alpha value is -0.860. The summed E-state index contributed by atoms with van der Waals surface area (Å²) in [6, 6.07) is 0.0948. The fourth-order valence-electron chi connectivity index (χ4n) is 1.20. The lowest BCUT2D eigenvalue weighted by molar-refractivity contribution is 0.179. The Labute approximate surface area is 109 Å². The lowest BCUT2D eigenvalue weighted by Gasteiger charge is -2.12. The third-order valence-corrected chi connectivity index (χ3v) is 3.53. The minimum Gasteiger partial charge on any atom is -0.383 e. The average molecular weight is 280 g/mol. The van der Waals surface area contributed by atoms with Crippen molar-refractivity contribution in [2.24, 2.45) is 10.7 Å². The van der Waals surface area contributed by atoms with Gasteiger partial charge in [0.2, 0.25) is 10.0 Å². The topological polar surface area (TPSA) is 106 Å². The van der Waals surface area contributed by atoms with E-state index in [1.54, 1.807) is 14.0 Å². The molecule has 0 fully saturated rings. The molecule has 0 aromatic rings. The van der Waals surface area contributed by atoms with Crippen molar-refractivity contribution in [3.8, 4) is 0 Å². The number of nitrogens with two attached hydrogens (primary N) is 1. The molecule has 7 nitrogen and oxygen atoms in total. The zero-order valence-corrected chi connectivity index (χ0v) is 12.1. The molecular formula is C10H24N4O3S. The van der Waals surface area contributed by atoms with Gasteiger partial charge in [-0.25, -0.2) is 13.1 Å². The molecule has 0 amide bonds. The predicted octanol–water partition coefficient (Wildman–Crippen LogP) is -0.745. The first kappa shape index (κ1) is 17.1. The molecule has 0 spiro atoms. The summed E-state index contributed by atoms with van der Waals surface area (Å²) in [7, 11) is -1.49. The van der Waals surface area contributed by atoms with Gasteiger partial charge < -0.3 is 15.8 Å². The SMILES string of the molecule is CCS(=O)(=O)NCCCN=C(N)NC(C)COC. The third-order valence-electron chi connectivity index (χ3n) is 2.13. The standard InChI is InChI=1S/C10H24N4O3S/c1-4-18(15,16)13-7-5-6-12-10(11)14-9(2)8-17-3/h9,13H,4-8H2,1-3H3,(H3,11,12,14).